The van der Waals surface area contributed by atoms with Crippen molar-refractivity contribution in [3.8, 4) is 11.1 Å². The number of carboxylic acid groups (broad SMARTS) is 1. The molecule has 35 heavy (non-hydrogen) atoms. The molecule has 1 unspecified atom stereocenters. The van der Waals surface area contributed by atoms with Crippen LogP contribution in [0.4, 0.5) is 4.79 Å². The number of nitrogens with one attached hydrogen (secondary N) is 1. The third-order valence-corrected chi connectivity index (χ3v) is 6.50. The molecule has 2 atom stereocenters. The number of aliphatic carboxylic acids is 1. The molecule has 2 aromatic carbocycles. The molecule has 0 bridgehead atoms. The van der Waals surface area contributed by atoms with E-state index in [1.807, 2.05) is 50.2 Å². The Hall–Kier alpha value is -3.39. The minimum Gasteiger partial charge on any atom is -0.481 e. The van der Waals surface area contributed by atoms with Gasteiger partial charge in [-0.1, -0.05) is 48.5 Å². The number of rotatable bonds is 9. The topological polar surface area (TPSA) is 105 Å². The first-order chi connectivity index (χ1) is 16.8. The lowest BCUT2D eigenvalue weighted by molar-refractivity contribution is -0.138. The van der Waals surface area contributed by atoms with E-state index in [-0.39, 0.29) is 43.5 Å². The van der Waals surface area contributed by atoms with Crippen molar-refractivity contribution in [1.29, 1.82) is 0 Å². The van der Waals surface area contributed by atoms with Crippen molar-refractivity contribution in [3.63, 3.8) is 0 Å². The van der Waals surface area contributed by atoms with E-state index in [9.17, 15) is 14.4 Å². The number of likely N-dealkylation sites (tertiary alicyclic amines) is 1. The SMILES string of the molecule is CC(C)O[C@H]1CCN(C(=O)C(CCC(=O)O)NC(=O)OCC2c3ccccc3-c3ccccc32)C1. The predicted molar refractivity (Wildman–Crippen MR) is 130 cm³/mol. The highest BCUT2D eigenvalue weighted by atomic mass is 16.5. The normalized spacial score (nSPS) is 17.7. The number of benzene rings is 2. The molecule has 8 heteroatoms. The average Bonchev–Trinajstić information content (AvgIpc) is 3.42. The predicted octanol–water partition coefficient (Wildman–Crippen LogP) is 3.78. The molecule has 0 saturated carbocycles. The van der Waals surface area contributed by atoms with Gasteiger partial charge in [0.15, 0.2) is 0 Å². The Balaban J connectivity index is 1.39. The van der Waals surface area contributed by atoms with Gasteiger partial charge < -0.3 is 24.8 Å². The third kappa shape index (κ3) is 5.82. The van der Waals surface area contributed by atoms with Gasteiger partial charge in [-0.25, -0.2) is 4.79 Å². The molecule has 186 valence electrons. The zero-order chi connectivity index (χ0) is 24.9. The van der Waals surface area contributed by atoms with E-state index in [4.69, 9.17) is 14.6 Å². The summed E-state index contributed by atoms with van der Waals surface area (Å²) in [6.45, 7) is 4.94. The number of hydrogen-bond acceptors (Lipinski definition) is 5. The first-order valence-electron chi connectivity index (χ1n) is 12.1. The van der Waals surface area contributed by atoms with Crippen molar-refractivity contribution in [2.45, 2.75) is 57.3 Å². The van der Waals surface area contributed by atoms with Crippen molar-refractivity contribution in [2.75, 3.05) is 19.7 Å². The van der Waals surface area contributed by atoms with Gasteiger partial charge in [-0.3, -0.25) is 9.59 Å². The zero-order valence-corrected chi connectivity index (χ0v) is 20.1. The quantitative estimate of drug-likeness (QED) is 0.566. The van der Waals surface area contributed by atoms with Crippen LogP contribution in [0.3, 0.4) is 0 Å². The van der Waals surface area contributed by atoms with Crippen LogP contribution in [-0.4, -0.2) is 65.9 Å². The van der Waals surface area contributed by atoms with E-state index in [0.29, 0.717) is 19.5 Å². The molecular formula is C27H32N2O6. The molecule has 1 heterocycles. The fourth-order valence-corrected chi connectivity index (χ4v) is 4.95. The third-order valence-electron chi connectivity index (χ3n) is 6.50. The Labute approximate surface area is 205 Å². The van der Waals surface area contributed by atoms with E-state index in [2.05, 4.69) is 17.4 Å². The summed E-state index contributed by atoms with van der Waals surface area (Å²) in [6, 6.07) is 15.1. The van der Waals surface area contributed by atoms with Crippen molar-refractivity contribution < 1.29 is 29.0 Å². The lowest BCUT2D eigenvalue weighted by atomic mass is 9.98. The van der Waals surface area contributed by atoms with Crippen LogP contribution in [0.5, 0.6) is 0 Å². The fraction of sp³-hybridized carbons (Fsp3) is 0.444. The lowest BCUT2D eigenvalue weighted by Crippen LogP contribution is -2.48. The standard InChI is InChI=1S/C27H32N2O6/c1-17(2)35-18-13-14-29(15-18)26(32)24(11-12-25(30)31)28-27(33)34-16-23-21-9-5-3-7-19(21)20-8-4-6-10-22(20)23/h3-10,17-18,23-24H,11-16H2,1-2H3,(H,28,33)(H,30,31)/t18-,24?/m0/s1. The second-order valence-electron chi connectivity index (χ2n) is 9.33. The highest BCUT2D eigenvalue weighted by molar-refractivity contribution is 5.86. The minimum absolute atomic E-state index is 0.00936. The molecule has 1 saturated heterocycles. The number of fused-ring (bicyclic) bond motifs is 3. The molecule has 2 aromatic rings. The summed E-state index contributed by atoms with van der Waals surface area (Å²) in [6.07, 6.45) is -0.277. The van der Waals surface area contributed by atoms with Crippen molar-refractivity contribution in [1.82, 2.24) is 10.2 Å². The molecule has 4 rings (SSSR count). The van der Waals surface area contributed by atoms with Gasteiger partial charge in [0.25, 0.3) is 0 Å². The average molecular weight is 481 g/mol. The summed E-state index contributed by atoms with van der Waals surface area (Å²) in [7, 11) is 0. The van der Waals surface area contributed by atoms with E-state index in [1.165, 1.54) is 0 Å². The first kappa shape index (κ1) is 24.7. The molecule has 1 aliphatic heterocycles. The Morgan fingerprint density at radius 1 is 1.06 bits per heavy atom. The Morgan fingerprint density at radius 2 is 1.69 bits per heavy atom. The van der Waals surface area contributed by atoms with Gasteiger partial charge >= 0.3 is 12.1 Å². The van der Waals surface area contributed by atoms with Gasteiger partial charge in [-0.15, -0.1) is 0 Å². The number of amides is 2. The maximum Gasteiger partial charge on any atom is 0.407 e. The Morgan fingerprint density at radius 3 is 2.29 bits per heavy atom. The van der Waals surface area contributed by atoms with Crippen LogP contribution < -0.4 is 5.32 Å². The monoisotopic (exact) mass is 480 g/mol. The van der Waals surface area contributed by atoms with Crippen molar-refractivity contribution in [2.24, 2.45) is 0 Å². The summed E-state index contributed by atoms with van der Waals surface area (Å²) in [5.74, 6) is -1.44. The number of hydrogen-bond donors (Lipinski definition) is 2. The maximum absolute atomic E-state index is 13.1. The number of carbonyl (C=O) groups excluding carboxylic acids is 2. The minimum atomic E-state index is -1.03. The van der Waals surface area contributed by atoms with Crippen LogP contribution in [0.1, 0.15) is 50.2 Å². The highest BCUT2D eigenvalue weighted by Crippen LogP contribution is 2.44. The molecule has 2 amide bonds. The second-order valence-corrected chi connectivity index (χ2v) is 9.33. The van der Waals surface area contributed by atoms with Crippen LogP contribution in [0.15, 0.2) is 48.5 Å². The summed E-state index contributed by atoms with van der Waals surface area (Å²) < 4.78 is 11.4. The van der Waals surface area contributed by atoms with E-state index in [0.717, 1.165) is 22.3 Å². The van der Waals surface area contributed by atoms with E-state index >= 15 is 0 Å². The number of ether oxygens (including phenoxy) is 2. The summed E-state index contributed by atoms with van der Waals surface area (Å²) in [5, 5.41) is 11.7. The lowest BCUT2D eigenvalue weighted by Gasteiger charge is -2.24. The van der Waals surface area contributed by atoms with Crippen LogP contribution in [0.2, 0.25) is 0 Å². The largest absolute Gasteiger partial charge is 0.481 e. The molecular weight excluding hydrogens is 448 g/mol. The number of carbonyl (C=O) groups is 3. The number of alkyl carbamates (subject to hydrolysis) is 1. The fourth-order valence-electron chi connectivity index (χ4n) is 4.95. The van der Waals surface area contributed by atoms with Crippen molar-refractivity contribution >= 4 is 18.0 Å². The van der Waals surface area contributed by atoms with Gasteiger partial charge in [-0.2, -0.15) is 0 Å². The van der Waals surface area contributed by atoms with Crippen LogP contribution >= 0.6 is 0 Å². The highest BCUT2D eigenvalue weighted by Gasteiger charge is 2.34. The Bertz CT molecular complexity index is 1040. The second kappa shape index (κ2) is 10.9. The molecule has 0 radical (unpaired) electrons. The molecule has 8 nitrogen and oxygen atoms in total. The Kier molecular flexibility index (Phi) is 7.70. The van der Waals surface area contributed by atoms with Gasteiger partial charge in [0.1, 0.15) is 12.6 Å². The molecule has 2 aliphatic rings. The number of carboxylic acids is 1. The van der Waals surface area contributed by atoms with Crippen LogP contribution in [-0.2, 0) is 19.1 Å². The molecule has 2 N–H and O–H groups in total. The van der Waals surface area contributed by atoms with E-state index in [1.54, 1.807) is 4.90 Å². The maximum atomic E-state index is 13.1. The summed E-state index contributed by atoms with van der Waals surface area (Å²) >= 11 is 0. The van der Waals surface area contributed by atoms with Crippen LogP contribution in [0.25, 0.3) is 11.1 Å². The number of nitrogens with zero attached hydrogens (tertiary/aromatic N) is 1. The first-order valence-corrected chi connectivity index (χ1v) is 12.1. The van der Waals surface area contributed by atoms with E-state index < -0.39 is 18.1 Å². The zero-order valence-electron chi connectivity index (χ0n) is 20.1. The van der Waals surface area contributed by atoms with Gasteiger partial charge in [-0.05, 0) is 48.9 Å². The van der Waals surface area contributed by atoms with Gasteiger partial charge in [0.2, 0.25) is 5.91 Å². The molecule has 0 aromatic heterocycles. The summed E-state index contributed by atoms with van der Waals surface area (Å²) in [4.78, 5) is 38.6. The molecule has 1 fully saturated rings. The van der Waals surface area contributed by atoms with Gasteiger partial charge in [0, 0.05) is 25.4 Å². The van der Waals surface area contributed by atoms with Crippen LogP contribution in [0, 0.1) is 0 Å². The summed E-state index contributed by atoms with van der Waals surface area (Å²) in [5.41, 5.74) is 4.43. The van der Waals surface area contributed by atoms with Crippen molar-refractivity contribution in [3.05, 3.63) is 59.7 Å². The smallest absolute Gasteiger partial charge is 0.407 e. The molecule has 0 spiro atoms. The van der Waals surface area contributed by atoms with Gasteiger partial charge in [0.05, 0.1) is 12.2 Å². The molecule has 1 aliphatic carbocycles.